The average molecular weight is 343 g/mol. The van der Waals surface area contributed by atoms with Gasteiger partial charge in [-0.3, -0.25) is 4.79 Å². The fourth-order valence-electron chi connectivity index (χ4n) is 2.68. The first kappa shape index (κ1) is 16.6. The maximum absolute atomic E-state index is 14.2. The Morgan fingerprint density at radius 2 is 1.84 bits per heavy atom. The molecule has 1 aliphatic rings. The largest absolute Gasteiger partial charge is 0.327 e. The molecule has 0 saturated heterocycles. The fraction of sp³-hybridized carbons (Fsp3) is 0.111. The summed E-state index contributed by atoms with van der Waals surface area (Å²) in [5, 5.41) is 7.71. The first-order valence-electron chi connectivity index (χ1n) is 7.55. The van der Waals surface area contributed by atoms with Crippen LogP contribution in [0.4, 0.5) is 19.3 Å². The molecule has 25 heavy (non-hydrogen) atoms. The highest BCUT2D eigenvalue weighted by atomic mass is 19.1. The molecule has 1 aliphatic heterocycles. The summed E-state index contributed by atoms with van der Waals surface area (Å²) in [7, 11) is 0. The number of nitrogens with one attached hydrogen (secondary N) is 3. The maximum Gasteiger partial charge on any atom is 0.319 e. The summed E-state index contributed by atoms with van der Waals surface area (Å²) in [5.74, 6) is -2.08. The Morgan fingerprint density at radius 3 is 2.52 bits per heavy atom. The lowest BCUT2D eigenvalue weighted by Crippen LogP contribution is -2.46. The number of anilines is 1. The zero-order chi connectivity index (χ0) is 18.0. The molecular weight excluding hydrogens is 328 g/mol. The number of benzene rings is 2. The standard InChI is InChI=1S/C18H15F2N3O2/c1-10-15(17(24)22-12-5-3-2-4-6-12)16(23-18(25)21-10)13-8-7-11(19)9-14(13)20/h2-9,16H,1H3,(H,22,24)(H2,21,23,25)/t16-/m0/s1. The van der Waals surface area contributed by atoms with Crippen LogP contribution in [0.15, 0.2) is 59.8 Å². The topological polar surface area (TPSA) is 70.2 Å². The van der Waals surface area contributed by atoms with Crippen molar-refractivity contribution in [3.63, 3.8) is 0 Å². The Balaban J connectivity index is 1.99. The highest BCUT2D eigenvalue weighted by molar-refractivity contribution is 6.06. The van der Waals surface area contributed by atoms with Crippen LogP contribution in [0.1, 0.15) is 18.5 Å². The summed E-state index contributed by atoms with van der Waals surface area (Å²) in [6.45, 7) is 1.55. The molecule has 0 bridgehead atoms. The van der Waals surface area contributed by atoms with Gasteiger partial charge in [0.25, 0.3) is 5.91 Å². The number of carbonyl (C=O) groups excluding carboxylic acids is 2. The fourth-order valence-corrected chi connectivity index (χ4v) is 2.68. The van der Waals surface area contributed by atoms with Crippen LogP contribution in [0, 0.1) is 11.6 Å². The molecule has 0 aromatic heterocycles. The van der Waals surface area contributed by atoms with Crippen LogP contribution in [0.2, 0.25) is 0 Å². The SMILES string of the molecule is CC1=C(C(=O)Nc2ccccc2)[C@H](c2ccc(F)cc2F)NC(=O)N1. The summed E-state index contributed by atoms with van der Waals surface area (Å²) >= 11 is 0. The van der Waals surface area contributed by atoms with Gasteiger partial charge >= 0.3 is 6.03 Å². The van der Waals surface area contributed by atoms with Gasteiger partial charge in [-0.1, -0.05) is 24.3 Å². The van der Waals surface area contributed by atoms with Crippen molar-refractivity contribution in [1.29, 1.82) is 0 Å². The number of hydrogen-bond donors (Lipinski definition) is 3. The second-order valence-electron chi connectivity index (χ2n) is 5.56. The molecule has 5 nitrogen and oxygen atoms in total. The number of para-hydroxylation sites is 1. The smallest absolute Gasteiger partial charge is 0.319 e. The molecule has 0 radical (unpaired) electrons. The van der Waals surface area contributed by atoms with Crippen molar-refractivity contribution in [2.75, 3.05) is 5.32 Å². The molecule has 7 heteroatoms. The minimum atomic E-state index is -1.03. The predicted octanol–water partition coefficient (Wildman–Crippen LogP) is 3.23. The normalized spacial score (nSPS) is 16.9. The minimum absolute atomic E-state index is 0.00816. The van der Waals surface area contributed by atoms with Crippen molar-refractivity contribution in [2.45, 2.75) is 13.0 Å². The van der Waals surface area contributed by atoms with Crippen molar-refractivity contribution in [3.05, 3.63) is 77.0 Å². The van der Waals surface area contributed by atoms with Gasteiger partial charge in [0, 0.05) is 23.0 Å². The van der Waals surface area contributed by atoms with Crippen LogP contribution in [0.25, 0.3) is 0 Å². The third-order valence-electron chi connectivity index (χ3n) is 3.82. The van der Waals surface area contributed by atoms with Crippen molar-refractivity contribution >= 4 is 17.6 Å². The van der Waals surface area contributed by atoms with Gasteiger partial charge in [0.05, 0.1) is 11.6 Å². The van der Waals surface area contributed by atoms with Gasteiger partial charge in [0.15, 0.2) is 0 Å². The molecule has 1 heterocycles. The highest BCUT2D eigenvalue weighted by Crippen LogP contribution is 2.29. The molecule has 0 fully saturated rings. The number of urea groups is 1. The Bertz CT molecular complexity index is 866. The lowest BCUT2D eigenvalue weighted by molar-refractivity contribution is -0.113. The minimum Gasteiger partial charge on any atom is -0.327 e. The summed E-state index contributed by atoms with van der Waals surface area (Å²) in [4.78, 5) is 24.5. The second kappa shape index (κ2) is 6.72. The van der Waals surface area contributed by atoms with Crippen LogP contribution in [-0.2, 0) is 4.79 Å². The number of hydrogen-bond acceptors (Lipinski definition) is 2. The second-order valence-corrected chi connectivity index (χ2v) is 5.56. The quantitative estimate of drug-likeness (QED) is 0.801. The zero-order valence-corrected chi connectivity index (χ0v) is 13.3. The lowest BCUT2D eigenvalue weighted by atomic mass is 9.94. The highest BCUT2D eigenvalue weighted by Gasteiger charge is 2.32. The number of allylic oxidation sites excluding steroid dienone is 1. The van der Waals surface area contributed by atoms with E-state index in [2.05, 4.69) is 16.0 Å². The number of amides is 3. The molecule has 0 aliphatic carbocycles. The van der Waals surface area contributed by atoms with E-state index >= 15 is 0 Å². The lowest BCUT2D eigenvalue weighted by Gasteiger charge is -2.28. The van der Waals surface area contributed by atoms with Gasteiger partial charge in [-0.25, -0.2) is 13.6 Å². The van der Waals surface area contributed by atoms with Gasteiger partial charge in [-0.05, 0) is 25.1 Å². The Labute approximate surface area is 142 Å². The Kier molecular flexibility index (Phi) is 4.47. The summed E-state index contributed by atoms with van der Waals surface area (Å²) in [6, 6.07) is 10.1. The molecule has 3 rings (SSSR count). The van der Waals surface area contributed by atoms with E-state index in [0.717, 1.165) is 6.07 Å². The molecule has 0 unspecified atom stereocenters. The zero-order valence-electron chi connectivity index (χ0n) is 13.3. The monoisotopic (exact) mass is 343 g/mol. The molecule has 0 spiro atoms. The third-order valence-corrected chi connectivity index (χ3v) is 3.82. The molecule has 2 aromatic carbocycles. The summed E-state index contributed by atoms with van der Waals surface area (Å²) < 4.78 is 27.4. The van der Waals surface area contributed by atoms with Crippen molar-refractivity contribution in [3.8, 4) is 0 Å². The molecular formula is C18H15F2N3O2. The molecule has 1 atom stereocenters. The molecule has 128 valence electrons. The van der Waals surface area contributed by atoms with Crippen LogP contribution >= 0.6 is 0 Å². The van der Waals surface area contributed by atoms with Crippen LogP contribution < -0.4 is 16.0 Å². The Hall–Kier alpha value is -3.22. The molecule has 2 aromatic rings. The van der Waals surface area contributed by atoms with Crippen LogP contribution in [0.3, 0.4) is 0 Å². The number of carbonyl (C=O) groups is 2. The molecule has 3 amide bonds. The van der Waals surface area contributed by atoms with E-state index in [1.54, 1.807) is 37.3 Å². The number of rotatable bonds is 3. The summed E-state index contributed by atoms with van der Waals surface area (Å²) in [5.41, 5.74) is 1.01. The van der Waals surface area contributed by atoms with Crippen LogP contribution in [-0.4, -0.2) is 11.9 Å². The van der Waals surface area contributed by atoms with Crippen molar-refractivity contribution < 1.29 is 18.4 Å². The Morgan fingerprint density at radius 1 is 1.12 bits per heavy atom. The van der Waals surface area contributed by atoms with E-state index in [-0.39, 0.29) is 11.1 Å². The van der Waals surface area contributed by atoms with Gasteiger partial charge in [0.2, 0.25) is 0 Å². The van der Waals surface area contributed by atoms with Gasteiger partial charge in [0.1, 0.15) is 11.6 Å². The maximum atomic E-state index is 14.2. The summed E-state index contributed by atoms with van der Waals surface area (Å²) in [6.07, 6.45) is 0. The van der Waals surface area contributed by atoms with E-state index < -0.39 is 29.6 Å². The average Bonchev–Trinajstić information content (AvgIpc) is 2.54. The molecule has 3 N–H and O–H groups in total. The van der Waals surface area contributed by atoms with E-state index in [1.807, 2.05) is 0 Å². The van der Waals surface area contributed by atoms with Gasteiger partial charge in [-0.15, -0.1) is 0 Å². The van der Waals surface area contributed by atoms with E-state index in [0.29, 0.717) is 17.5 Å². The number of halogens is 2. The predicted molar refractivity (Wildman–Crippen MR) is 88.5 cm³/mol. The molecule has 0 saturated carbocycles. The van der Waals surface area contributed by atoms with Gasteiger partial charge < -0.3 is 16.0 Å². The van der Waals surface area contributed by atoms with Crippen LogP contribution in [0.5, 0.6) is 0 Å². The van der Waals surface area contributed by atoms with Gasteiger partial charge in [-0.2, -0.15) is 0 Å². The van der Waals surface area contributed by atoms with Crippen molar-refractivity contribution in [2.24, 2.45) is 0 Å². The van der Waals surface area contributed by atoms with Crippen molar-refractivity contribution in [1.82, 2.24) is 10.6 Å². The first-order valence-corrected chi connectivity index (χ1v) is 7.55. The first-order chi connectivity index (χ1) is 12.0. The van der Waals surface area contributed by atoms with E-state index in [1.165, 1.54) is 6.07 Å². The van der Waals surface area contributed by atoms with E-state index in [9.17, 15) is 18.4 Å². The van der Waals surface area contributed by atoms with E-state index in [4.69, 9.17) is 0 Å². The third kappa shape index (κ3) is 3.50.